The van der Waals surface area contributed by atoms with Crippen LogP contribution in [0.1, 0.15) is 65.2 Å². The third kappa shape index (κ3) is 5.29. The Kier molecular flexibility index (Phi) is 6.87. The molecule has 39 heavy (non-hydrogen) atoms. The van der Waals surface area contributed by atoms with Crippen LogP contribution in [-0.2, 0) is 4.74 Å². The average molecular weight is 525 g/mol. The fourth-order valence-corrected chi connectivity index (χ4v) is 6.21. The number of nitrogens with zero attached hydrogens (tertiary/aromatic N) is 3. The van der Waals surface area contributed by atoms with Crippen molar-refractivity contribution in [3.63, 3.8) is 0 Å². The Bertz CT molecular complexity index is 1430. The lowest BCUT2D eigenvalue weighted by Crippen LogP contribution is -2.58. The summed E-state index contributed by atoms with van der Waals surface area (Å²) in [4.78, 5) is 24.2. The van der Waals surface area contributed by atoms with Crippen molar-refractivity contribution < 1.29 is 13.9 Å². The number of hydrogen-bond acceptors (Lipinski definition) is 5. The molecule has 0 bridgehead atoms. The summed E-state index contributed by atoms with van der Waals surface area (Å²) in [7, 11) is 2.17. The van der Waals surface area contributed by atoms with E-state index in [1.54, 1.807) is 12.3 Å². The number of allylic oxidation sites excluding steroid dienone is 1. The first-order valence-electron chi connectivity index (χ1n) is 13.6. The van der Waals surface area contributed by atoms with E-state index in [9.17, 15) is 9.18 Å². The Labute approximate surface area is 228 Å². The second kappa shape index (κ2) is 10.5. The average Bonchev–Trinajstić information content (AvgIpc) is 2.93. The second-order valence-electron chi connectivity index (χ2n) is 11.1. The van der Waals surface area contributed by atoms with Gasteiger partial charge in [0.25, 0.3) is 5.91 Å². The highest BCUT2D eigenvalue weighted by atomic mass is 19.1. The molecule has 0 unspecified atom stereocenters. The topological polar surface area (TPSA) is 67.3 Å². The van der Waals surface area contributed by atoms with E-state index < -0.39 is 0 Å². The highest BCUT2D eigenvalue weighted by Crippen LogP contribution is 2.54. The normalized spacial score (nSPS) is 19.1. The molecule has 2 aromatic carbocycles. The molecule has 3 heterocycles. The zero-order valence-electron chi connectivity index (χ0n) is 22.4. The lowest BCUT2D eigenvalue weighted by atomic mass is 9.59. The van der Waals surface area contributed by atoms with Crippen molar-refractivity contribution in [2.75, 3.05) is 33.4 Å². The number of amides is 1. The van der Waals surface area contributed by atoms with Crippen molar-refractivity contribution in [3.05, 3.63) is 106 Å². The summed E-state index contributed by atoms with van der Waals surface area (Å²) in [5.41, 5.74) is 7.57. The van der Waals surface area contributed by atoms with Gasteiger partial charge in [-0.2, -0.15) is 0 Å². The summed E-state index contributed by atoms with van der Waals surface area (Å²) in [5, 5.41) is 3.07. The first-order valence-corrected chi connectivity index (χ1v) is 13.6. The monoisotopic (exact) mass is 524 g/mol. The molecule has 6 rings (SSSR count). The summed E-state index contributed by atoms with van der Waals surface area (Å²) >= 11 is 0. The molecule has 3 aliphatic rings. The van der Waals surface area contributed by atoms with Gasteiger partial charge in [-0.05, 0) is 79.3 Å². The fourth-order valence-electron chi connectivity index (χ4n) is 6.21. The van der Waals surface area contributed by atoms with Crippen molar-refractivity contribution in [3.8, 4) is 0 Å². The van der Waals surface area contributed by atoms with Crippen molar-refractivity contribution in [1.29, 1.82) is 0 Å². The smallest absolute Gasteiger partial charge is 0.270 e. The van der Waals surface area contributed by atoms with Crippen LogP contribution < -0.4 is 5.32 Å². The van der Waals surface area contributed by atoms with Crippen molar-refractivity contribution in [1.82, 2.24) is 20.2 Å². The van der Waals surface area contributed by atoms with Crippen LogP contribution in [0, 0.1) is 11.2 Å². The van der Waals surface area contributed by atoms with Gasteiger partial charge in [0.15, 0.2) is 5.82 Å². The number of ether oxygens (including phenoxy) is 1. The van der Waals surface area contributed by atoms with Crippen LogP contribution >= 0.6 is 0 Å². The number of likely N-dealkylation sites (tertiary alicyclic amines) is 1. The zero-order chi connectivity index (χ0) is 27.0. The molecular formula is C32H33FN4O2. The minimum atomic E-state index is -0.234. The summed E-state index contributed by atoms with van der Waals surface area (Å²) in [6.45, 7) is 5.43. The van der Waals surface area contributed by atoms with Crippen molar-refractivity contribution in [2.24, 2.45) is 5.41 Å². The van der Waals surface area contributed by atoms with Gasteiger partial charge in [-0.25, -0.2) is 14.4 Å². The first-order chi connectivity index (χ1) is 18.9. The predicted octanol–water partition coefficient (Wildman–Crippen LogP) is 5.44. The Balaban J connectivity index is 1.19. The largest absolute Gasteiger partial charge is 0.377 e. The molecule has 1 N–H and O–H groups in total. The van der Waals surface area contributed by atoms with E-state index in [2.05, 4.69) is 51.5 Å². The molecule has 1 saturated heterocycles. The Morgan fingerprint density at radius 3 is 2.38 bits per heavy atom. The van der Waals surface area contributed by atoms with Crippen LogP contribution in [0.2, 0.25) is 0 Å². The van der Waals surface area contributed by atoms with Crippen LogP contribution in [-0.4, -0.2) is 54.1 Å². The van der Waals surface area contributed by atoms with E-state index in [1.165, 1.54) is 23.3 Å². The third-order valence-electron chi connectivity index (χ3n) is 8.06. The molecule has 1 saturated carbocycles. The highest BCUT2D eigenvalue weighted by molar-refractivity contribution is 5.92. The molecule has 1 aromatic heterocycles. The molecular weight excluding hydrogens is 491 g/mol. The fraction of sp³-hybridized carbons (Fsp3) is 0.344. The minimum Gasteiger partial charge on any atom is -0.377 e. The van der Waals surface area contributed by atoms with E-state index in [-0.39, 0.29) is 17.8 Å². The van der Waals surface area contributed by atoms with Crippen molar-refractivity contribution >= 4 is 17.1 Å². The molecule has 1 atom stereocenters. The molecule has 2 fully saturated rings. The maximum Gasteiger partial charge on any atom is 0.270 e. The number of hydrogen-bond donors (Lipinski definition) is 1. The van der Waals surface area contributed by atoms with Gasteiger partial charge >= 0.3 is 0 Å². The summed E-state index contributed by atoms with van der Waals surface area (Å²) in [6, 6.07) is 16.6. The molecule has 1 amide bonds. The molecule has 7 heteroatoms. The van der Waals surface area contributed by atoms with Gasteiger partial charge in [-0.1, -0.05) is 48.0 Å². The van der Waals surface area contributed by atoms with Gasteiger partial charge in [-0.15, -0.1) is 0 Å². The maximum absolute atomic E-state index is 13.7. The van der Waals surface area contributed by atoms with E-state index in [0.29, 0.717) is 30.1 Å². The molecule has 2 aliphatic heterocycles. The Morgan fingerprint density at radius 1 is 1.05 bits per heavy atom. The predicted molar refractivity (Wildman–Crippen MR) is 149 cm³/mol. The molecule has 1 spiro atoms. The number of carbonyl (C=O) groups is 1. The van der Waals surface area contributed by atoms with Gasteiger partial charge in [0, 0.05) is 24.7 Å². The van der Waals surface area contributed by atoms with Crippen LogP contribution in [0.5, 0.6) is 0 Å². The van der Waals surface area contributed by atoms with Crippen LogP contribution in [0.25, 0.3) is 11.1 Å². The summed E-state index contributed by atoms with van der Waals surface area (Å²) in [5.74, 6) is 0.117. The number of halogens is 1. The number of carbonyl (C=O) groups excluding carboxylic acids is 1. The first kappa shape index (κ1) is 25.6. The molecule has 6 nitrogen and oxygen atoms in total. The van der Waals surface area contributed by atoms with Crippen LogP contribution in [0.15, 0.2) is 72.4 Å². The van der Waals surface area contributed by atoms with Gasteiger partial charge < -0.3 is 15.0 Å². The number of benzene rings is 2. The van der Waals surface area contributed by atoms with Crippen LogP contribution in [0.4, 0.5) is 4.39 Å². The van der Waals surface area contributed by atoms with E-state index in [4.69, 9.17) is 4.74 Å². The molecule has 200 valence electrons. The highest BCUT2D eigenvalue weighted by Gasteiger charge is 2.49. The summed E-state index contributed by atoms with van der Waals surface area (Å²) < 4.78 is 19.1. The van der Waals surface area contributed by atoms with Gasteiger partial charge in [0.05, 0.1) is 19.3 Å². The standard InChI is InChI=1S/C32H33FN4O2/c1-21(35-31(38)28-11-14-34-30(36-28)25-12-15-39-16-13-25)22-3-5-23(6-4-22)29(24-7-9-27(33)10-8-24)26-17-32(18-26)19-37(2)20-32/h3-12,14,21H,13,15-20H2,1-2H3,(H,35,38)/t21-/m1/s1. The summed E-state index contributed by atoms with van der Waals surface area (Å²) in [6.07, 6.45) is 6.51. The Morgan fingerprint density at radius 2 is 1.74 bits per heavy atom. The number of rotatable bonds is 6. The van der Waals surface area contributed by atoms with Crippen molar-refractivity contribution in [2.45, 2.75) is 32.2 Å². The van der Waals surface area contributed by atoms with Gasteiger partial charge in [-0.3, -0.25) is 4.79 Å². The molecule has 1 aliphatic carbocycles. The lowest BCUT2D eigenvalue weighted by molar-refractivity contribution is -0.0106. The minimum absolute atomic E-state index is 0.202. The maximum atomic E-state index is 13.7. The SMILES string of the molecule is C[C@@H](NC(=O)c1ccnc(C2=CCOCC2)n1)c1ccc(C(=C2CC3(C2)CN(C)C3)c2ccc(F)cc2)cc1. The number of aromatic nitrogens is 2. The van der Waals surface area contributed by atoms with Crippen LogP contribution in [0.3, 0.4) is 0 Å². The van der Waals surface area contributed by atoms with E-state index >= 15 is 0 Å². The zero-order valence-corrected chi connectivity index (χ0v) is 22.4. The molecule has 3 aromatic rings. The van der Waals surface area contributed by atoms with Gasteiger partial charge in [0.2, 0.25) is 0 Å². The molecule has 0 radical (unpaired) electrons. The third-order valence-corrected chi connectivity index (χ3v) is 8.06. The van der Waals surface area contributed by atoms with Gasteiger partial charge in [0.1, 0.15) is 11.5 Å². The second-order valence-corrected chi connectivity index (χ2v) is 11.1. The Hall–Kier alpha value is -3.68. The van der Waals surface area contributed by atoms with E-state index in [1.807, 2.05) is 25.1 Å². The number of nitrogens with one attached hydrogen (secondary N) is 1. The van der Waals surface area contributed by atoms with E-state index in [0.717, 1.165) is 54.6 Å². The lowest BCUT2D eigenvalue weighted by Gasteiger charge is -2.56. The quantitative estimate of drug-likeness (QED) is 0.465.